The van der Waals surface area contributed by atoms with Gasteiger partial charge in [0.25, 0.3) is 5.56 Å². The summed E-state index contributed by atoms with van der Waals surface area (Å²) in [5, 5.41) is 0.655. The van der Waals surface area contributed by atoms with Crippen LogP contribution in [0.25, 0.3) is 6.08 Å². The summed E-state index contributed by atoms with van der Waals surface area (Å²) in [5.74, 6) is 0.733. The molecule has 40 heavy (non-hydrogen) atoms. The number of rotatable bonds is 8. The van der Waals surface area contributed by atoms with Crippen molar-refractivity contribution < 1.29 is 19.0 Å². The first kappa shape index (κ1) is 27.4. The highest BCUT2D eigenvalue weighted by molar-refractivity contribution is 7.07. The van der Waals surface area contributed by atoms with E-state index in [0.29, 0.717) is 49.3 Å². The lowest BCUT2D eigenvalue weighted by atomic mass is 9.95. The number of benzene rings is 3. The number of methoxy groups -OCH3 is 1. The molecule has 1 unspecified atom stereocenters. The average molecular weight is 575 g/mol. The first-order valence-corrected chi connectivity index (χ1v) is 13.9. The number of fused-ring (bicyclic) bond motifs is 1. The fourth-order valence-corrected chi connectivity index (χ4v) is 5.80. The van der Waals surface area contributed by atoms with Crippen LogP contribution in [0.15, 0.2) is 93.9 Å². The van der Waals surface area contributed by atoms with Crippen LogP contribution in [0.4, 0.5) is 0 Å². The third-order valence-electron chi connectivity index (χ3n) is 6.48. The molecule has 3 aromatic carbocycles. The second-order valence-corrected chi connectivity index (χ2v) is 10.4. The van der Waals surface area contributed by atoms with Gasteiger partial charge in [-0.15, -0.1) is 0 Å². The highest BCUT2D eigenvalue weighted by Crippen LogP contribution is 2.35. The first-order valence-electron chi connectivity index (χ1n) is 12.7. The van der Waals surface area contributed by atoms with Crippen LogP contribution < -0.4 is 24.4 Å². The van der Waals surface area contributed by atoms with Gasteiger partial charge in [-0.2, -0.15) is 0 Å². The summed E-state index contributed by atoms with van der Waals surface area (Å²) in [5.41, 5.74) is 2.96. The number of carbonyl (C=O) groups excluding carboxylic acids is 1. The van der Waals surface area contributed by atoms with E-state index in [1.165, 1.54) is 11.3 Å². The molecule has 1 aromatic heterocycles. The zero-order valence-corrected chi connectivity index (χ0v) is 23.8. The Morgan fingerprint density at radius 3 is 2.52 bits per heavy atom. The second kappa shape index (κ2) is 11.9. The second-order valence-electron chi connectivity index (χ2n) is 8.99. The molecular weight excluding hydrogens is 548 g/mol. The number of thiazole rings is 1. The Morgan fingerprint density at radius 2 is 1.80 bits per heavy atom. The number of carbonyl (C=O) groups is 1. The molecule has 0 saturated heterocycles. The van der Waals surface area contributed by atoms with Gasteiger partial charge in [-0.25, -0.2) is 9.79 Å². The maximum absolute atomic E-state index is 13.8. The minimum absolute atomic E-state index is 0.205. The van der Waals surface area contributed by atoms with E-state index in [4.69, 9.17) is 25.8 Å². The number of para-hydroxylation sites is 1. The third-order valence-corrected chi connectivity index (χ3v) is 7.83. The van der Waals surface area contributed by atoms with E-state index in [1.807, 2.05) is 72.8 Å². The third kappa shape index (κ3) is 5.46. The molecule has 1 aliphatic heterocycles. The molecule has 0 amide bonds. The fraction of sp³-hybridized carbons (Fsp3) is 0.194. The van der Waals surface area contributed by atoms with Crippen molar-refractivity contribution in [2.45, 2.75) is 26.5 Å². The number of aromatic nitrogens is 1. The summed E-state index contributed by atoms with van der Waals surface area (Å²) in [6, 6.07) is 21.6. The first-order chi connectivity index (χ1) is 19.4. The topological polar surface area (TPSA) is 79.1 Å². The lowest BCUT2D eigenvalue weighted by Gasteiger charge is -2.25. The molecule has 2 heterocycles. The van der Waals surface area contributed by atoms with Crippen LogP contribution in [0.5, 0.6) is 11.5 Å². The maximum Gasteiger partial charge on any atom is 0.338 e. The Morgan fingerprint density at radius 1 is 1.07 bits per heavy atom. The zero-order chi connectivity index (χ0) is 28.2. The van der Waals surface area contributed by atoms with Gasteiger partial charge in [0.1, 0.15) is 24.1 Å². The minimum atomic E-state index is -0.741. The molecule has 0 saturated carbocycles. The molecule has 1 aliphatic rings. The Balaban J connectivity index is 1.52. The van der Waals surface area contributed by atoms with E-state index < -0.39 is 12.0 Å². The standard InChI is InChI=1S/C31H27ClN2O5S/c1-4-38-30(36)27-19(2)33-31-34(28(27)23-10-6-8-12-25(23)37-3)29(35)26(40-31)17-20-13-15-22(16-14-20)39-18-21-9-5-7-11-24(21)32/h5-17,28H,4,18H2,1-3H3/b26-17-. The zero-order valence-electron chi connectivity index (χ0n) is 22.2. The Bertz CT molecular complexity index is 1770. The summed E-state index contributed by atoms with van der Waals surface area (Å²) in [6.07, 6.45) is 1.81. The summed E-state index contributed by atoms with van der Waals surface area (Å²) in [6.45, 7) is 4.06. The molecule has 0 aliphatic carbocycles. The average Bonchev–Trinajstić information content (AvgIpc) is 3.26. The van der Waals surface area contributed by atoms with E-state index >= 15 is 0 Å². The van der Waals surface area contributed by atoms with Crippen LogP contribution >= 0.6 is 22.9 Å². The molecule has 9 heteroatoms. The molecule has 0 fully saturated rings. The molecule has 4 aromatic rings. The largest absolute Gasteiger partial charge is 0.496 e. The molecule has 204 valence electrons. The lowest BCUT2D eigenvalue weighted by Crippen LogP contribution is -2.40. The van der Waals surface area contributed by atoms with Crippen LogP contribution in [0.1, 0.15) is 36.6 Å². The van der Waals surface area contributed by atoms with Gasteiger partial charge >= 0.3 is 5.97 Å². The van der Waals surface area contributed by atoms with Gasteiger partial charge in [0.2, 0.25) is 0 Å². The van der Waals surface area contributed by atoms with Crippen LogP contribution in [0.3, 0.4) is 0 Å². The van der Waals surface area contributed by atoms with Crippen LogP contribution in [-0.4, -0.2) is 24.3 Å². The molecule has 0 spiro atoms. The molecule has 0 N–H and O–H groups in total. The molecule has 0 radical (unpaired) electrons. The molecule has 1 atom stereocenters. The number of esters is 1. The van der Waals surface area contributed by atoms with Crippen molar-refractivity contribution in [3.63, 3.8) is 0 Å². The lowest BCUT2D eigenvalue weighted by molar-refractivity contribution is -0.139. The van der Waals surface area contributed by atoms with E-state index in [1.54, 1.807) is 31.6 Å². The maximum atomic E-state index is 13.8. The van der Waals surface area contributed by atoms with Crippen LogP contribution in [0.2, 0.25) is 5.02 Å². The van der Waals surface area contributed by atoms with Gasteiger partial charge in [-0.3, -0.25) is 9.36 Å². The van der Waals surface area contributed by atoms with Gasteiger partial charge in [-0.05, 0) is 49.8 Å². The number of ether oxygens (including phenoxy) is 3. The number of nitrogens with zero attached hydrogens (tertiary/aromatic N) is 2. The SMILES string of the molecule is CCOC(=O)C1=C(C)N=c2s/c(=C\c3ccc(OCc4ccccc4Cl)cc3)c(=O)n2C1c1ccccc1OC. The van der Waals surface area contributed by atoms with Crippen molar-refractivity contribution >= 4 is 35.0 Å². The van der Waals surface area contributed by atoms with E-state index in [2.05, 4.69) is 4.99 Å². The molecule has 5 rings (SSSR count). The fourth-order valence-electron chi connectivity index (χ4n) is 4.57. The highest BCUT2D eigenvalue weighted by atomic mass is 35.5. The van der Waals surface area contributed by atoms with Crippen molar-refractivity contribution in [3.8, 4) is 11.5 Å². The summed E-state index contributed by atoms with van der Waals surface area (Å²) in [4.78, 5) is 32.0. The van der Waals surface area contributed by atoms with Gasteiger partial charge < -0.3 is 14.2 Å². The normalized spacial score (nSPS) is 14.9. The Hall–Kier alpha value is -4.14. The predicted molar refractivity (Wildman–Crippen MR) is 156 cm³/mol. The van der Waals surface area contributed by atoms with Crippen LogP contribution in [0, 0.1) is 0 Å². The smallest absolute Gasteiger partial charge is 0.338 e. The van der Waals surface area contributed by atoms with Gasteiger partial charge in [-0.1, -0.05) is 71.5 Å². The van der Waals surface area contributed by atoms with E-state index in [9.17, 15) is 9.59 Å². The number of hydrogen-bond acceptors (Lipinski definition) is 7. The van der Waals surface area contributed by atoms with Crippen LogP contribution in [-0.2, 0) is 16.1 Å². The quantitative estimate of drug-likeness (QED) is 0.276. The highest BCUT2D eigenvalue weighted by Gasteiger charge is 2.34. The molecular formula is C31H27ClN2O5S. The van der Waals surface area contributed by atoms with E-state index in [0.717, 1.165) is 11.1 Å². The Kier molecular flexibility index (Phi) is 8.19. The van der Waals surface area contributed by atoms with Gasteiger partial charge in [0.15, 0.2) is 4.80 Å². The summed E-state index contributed by atoms with van der Waals surface area (Å²) >= 11 is 7.49. The monoisotopic (exact) mass is 574 g/mol. The number of allylic oxidation sites excluding steroid dienone is 1. The summed E-state index contributed by atoms with van der Waals surface area (Å²) < 4.78 is 18.9. The molecule has 0 bridgehead atoms. The molecule has 7 nitrogen and oxygen atoms in total. The minimum Gasteiger partial charge on any atom is -0.496 e. The van der Waals surface area contributed by atoms with Gasteiger partial charge in [0.05, 0.1) is 29.5 Å². The number of halogens is 1. The van der Waals surface area contributed by atoms with Gasteiger partial charge in [0, 0.05) is 16.1 Å². The number of hydrogen-bond donors (Lipinski definition) is 0. The Labute approximate surface area is 240 Å². The van der Waals surface area contributed by atoms with Crippen molar-refractivity contribution in [1.29, 1.82) is 0 Å². The van der Waals surface area contributed by atoms with Crippen molar-refractivity contribution in [2.75, 3.05) is 13.7 Å². The summed E-state index contributed by atoms with van der Waals surface area (Å²) in [7, 11) is 1.56. The van der Waals surface area contributed by atoms with Crippen molar-refractivity contribution in [2.24, 2.45) is 4.99 Å². The van der Waals surface area contributed by atoms with Crippen molar-refractivity contribution in [3.05, 3.63) is 125 Å². The predicted octanol–water partition coefficient (Wildman–Crippen LogP) is 5.04. The van der Waals surface area contributed by atoms with E-state index in [-0.39, 0.29) is 12.2 Å². The van der Waals surface area contributed by atoms with Crippen molar-refractivity contribution in [1.82, 2.24) is 4.57 Å².